The summed E-state index contributed by atoms with van der Waals surface area (Å²) in [5.41, 5.74) is 18.8. The molecule has 84 heavy (non-hydrogen) atoms. The molecule has 18 rings (SSSR count). The maximum absolute atomic E-state index is 10.4. The molecule has 0 unspecified atom stereocenters. The molecule has 7 nitrogen and oxygen atoms in total. The van der Waals surface area contributed by atoms with Crippen molar-refractivity contribution in [2.75, 3.05) is 9.80 Å². The Morgan fingerprint density at radius 1 is 0.333 bits per heavy atom. The predicted molar refractivity (Wildman–Crippen MR) is 340 cm³/mol. The molecule has 1 spiro atoms. The molecule has 13 aromatic carbocycles. The Kier molecular flexibility index (Phi) is 9.44. The van der Waals surface area contributed by atoms with Crippen LogP contribution in [0, 0.1) is 22.7 Å². The number of nitrogens with zero attached hydrogens (tertiary/aromatic N) is 5. The molecule has 0 amide bonds. The lowest BCUT2D eigenvalue weighted by atomic mass is 9.65. The third-order valence-corrected chi connectivity index (χ3v) is 18.0. The highest BCUT2D eigenvalue weighted by molar-refractivity contribution is 6.20. The number of rotatable bonds is 6. The first-order valence-corrected chi connectivity index (χ1v) is 28.3. The first-order valence-electron chi connectivity index (χ1n) is 28.3. The Balaban J connectivity index is 1.01. The molecule has 0 saturated carbocycles. The van der Waals surface area contributed by atoms with E-state index < -0.39 is 5.41 Å². The van der Waals surface area contributed by atoms with Crippen LogP contribution in [0.25, 0.3) is 104 Å². The SMILES string of the molecule is N#Cc1cccc2c1oc1c(N(c3ccccc3)c3ccc4c(c3)c3cc(N(c5ccccc5)c5cccc6c5oc5c(C#N)cccc56)cc5c3n4-c3ccccc3C53c4ccc5ccccc5c4-c4c3ccc3ccccc43)cccc12. The molecule has 7 heteroatoms. The molecule has 0 bridgehead atoms. The molecule has 2 aliphatic rings. The van der Waals surface area contributed by atoms with Gasteiger partial charge in [0.25, 0.3) is 0 Å². The third-order valence-electron chi connectivity index (χ3n) is 18.0. The van der Waals surface area contributed by atoms with Gasteiger partial charge >= 0.3 is 0 Å². The van der Waals surface area contributed by atoms with E-state index in [1.54, 1.807) is 0 Å². The van der Waals surface area contributed by atoms with E-state index in [0.29, 0.717) is 33.5 Å². The second-order valence-corrected chi connectivity index (χ2v) is 22.1. The van der Waals surface area contributed by atoms with Crippen LogP contribution in [-0.4, -0.2) is 4.57 Å². The molecular formula is C77H43N5O2. The van der Waals surface area contributed by atoms with Gasteiger partial charge in [0.2, 0.25) is 0 Å². The van der Waals surface area contributed by atoms with Gasteiger partial charge in [0.15, 0.2) is 22.3 Å². The Morgan fingerprint density at radius 2 is 0.810 bits per heavy atom. The van der Waals surface area contributed by atoms with Crippen molar-refractivity contribution in [3.8, 4) is 29.0 Å². The van der Waals surface area contributed by atoms with E-state index in [1.165, 1.54) is 49.4 Å². The number of nitriles is 2. The molecule has 0 atom stereocenters. The van der Waals surface area contributed by atoms with Crippen LogP contribution in [0.3, 0.4) is 0 Å². The van der Waals surface area contributed by atoms with Crippen molar-refractivity contribution in [2.24, 2.45) is 0 Å². The number of hydrogen-bond acceptors (Lipinski definition) is 6. The molecule has 388 valence electrons. The van der Waals surface area contributed by atoms with Crippen LogP contribution in [0.1, 0.15) is 33.4 Å². The normalized spacial score (nSPS) is 12.8. The van der Waals surface area contributed by atoms with Gasteiger partial charge in [-0.3, -0.25) is 0 Å². The van der Waals surface area contributed by atoms with E-state index in [9.17, 15) is 10.5 Å². The van der Waals surface area contributed by atoms with Gasteiger partial charge in [0.1, 0.15) is 12.1 Å². The molecule has 0 N–H and O–H groups in total. The average molecular weight is 1070 g/mol. The second kappa shape index (κ2) is 17.2. The van der Waals surface area contributed by atoms with Crippen molar-refractivity contribution in [2.45, 2.75) is 5.41 Å². The molecule has 16 aromatic rings. The summed E-state index contributed by atoms with van der Waals surface area (Å²) in [6.45, 7) is 0. The first-order chi connectivity index (χ1) is 41.6. The van der Waals surface area contributed by atoms with E-state index in [0.717, 1.165) is 88.7 Å². The van der Waals surface area contributed by atoms with E-state index in [2.05, 4.69) is 245 Å². The third kappa shape index (κ3) is 6.06. The zero-order chi connectivity index (χ0) is 55.4. The van der Waals surface area contributed by atoms with E-state index in [-0.39, 0.29) is 0 Å². The smallest absolute Gasteiger partial charge is 0.159 e. The van der Waals surface area contributed by atoms with Gasteiger partial charge in [0.05, 0.1) is 44.6 Å². The molecule has 0 radical (unpaired) electrons. The average Bonchev–Trinajstić information content (AvgIpc) is 1.51. The topological polar surface area (TPSA) is 85.3 Å². The lowest BCUT2D eigenvalue weighted by Crippen LogP contribution is -2.33. The summed E-state index contributed by atoms with van der Waals surface area (Å²) < 4.78 is 16.3. The summed E-state index contributed by atoms with van der Waals surface area (Å²) >= 11 is 0. The summed E-state index contributed by atoms with van der Waals surface area (Å²) in [5.74, 6) is 0. The number of fused-ring (bicyclic) bond motifs is 22. The zero-order valence-corrected chi connectivity index (χ0v) is 44.9. The summed E-state index contributed by atoms with van der Waals surface area (Å²) in [6, 6.07) is 97.9. The summed E-state index contributed by atoms with van der Waals surface area (Å²) in [6.07, 6.45) is 0. The highest BCUT2D eigenvalue weighted by atomic mass is 16.3. The van der Waals surface area contributed by atoms with E-state index >= 15 is 0 Å². The first kappa shape index (κ1) is 46.1. The van der Waals surface area contributed by atoms with Gasteiger partial charge in [-0.25, -0.2) is 0 Å². The van der Waals surface area contributed by atoms with E-state index in [4.69, 9.17) is 8.83 Å². The van der Waals surface area contributed by atoms with Crippen LogP contribution >= 0.6 is 0 Å². The Bertz CT molecular complexity index is 5530. The monoisotopic (exact) mass is 1070 g/mol. The van der Waals surface area contributed by atoms with Crippen molar-refractivity contribution in [3.63, 3.8) is 0 Å². The van der Waals surface area contributed by atoms with Crippen LogP contribution in [0.5, 0.6) is 0 Å². The fraction of sp³-hybridized carbons (Fsp3) is 0.0130. The van der Waals surface area contributed by atoms with Gasteiger partial charge in [-0.05, 0) is 140 Å². The zero-order valence-electron chi connectivity index (χ0n) is 44.9. The number of benzene rings is 13. The summed E-state index contributed by atoms with van der Waals surface area (Å²) in [7, 11) is 0. The van der Waals surface area contributed by atoms with Gasteiger partial charge in [-0.15, -0.1) is 0 Å². The van der Waals surface area contributed by atoms with Crippen LogP contribution in [0.2, 0.25) is 0 Å². The van der Waals surface area contributed by atoms with Crippen LogP contribution in [0.15, 0.2) is 270 Å². The number of anilines is 6. The largest absolute Gasteiger partial charge is 0.452 e. The van der Waals surface area contributed by atoms with E-state index in [1.807, 2.05) is 42.5 Å². The summed E-state index contributed by atoms with van der Waals surface area (Å²) in [4.78, 5) is 4.63. The van der Waals surface area contributed by atoms with Crippen molar-refractivity contribution in [1.29, 1.82) is 10.5 Å². The lowest BCUT2D eigenvalue weighted by Gasteiger charge is -2.40. The maximum Gasteiger partial charge on any atom is 0.159 e. The molecular weight excluding hydrogens is 1030 g/mol. The number of aromatic nitrogens is 1. The fourth-order valence-electron chi connectivity index (χ4n) is 14.6. The highest BCUT2D eigenvalue weighted by Crippen LogP contribution is 2.64. The van der Waals surface area contributed by atoms with Crippen LogP contribution in [-0.2, 0) is 5.41 Å². The molecule has 1 aliphatic heterocycles. The lowest BCUT2D eigenvalue weighted by molar-refractivity contribution is 0.667. The quantitative estimate of drug-likeness (QED) is 0.165. The molecule has 0 saturated heterocycles. The summed E-state index contributed by atoms with van der Waals surface area (Å²) in [5, 5.41) is 31.3. The number of hydrogen-bond donors (Lipinski definition) is 0. The van der Waals surface area contributed by atoms with Crippen molar-refractivity contribution < 1.29 is 8.83 Å². The molecule has 4 heterocycles. The highest BCUT2D eigenvalue weighted by Gasteiger charge is 2.52. The van der Waals surface area contributed by atoms with Gasteiger partial charge < -0.3 is 23.2 Å². The minimum atomic E-state index is -0.818. The van der Waals surface area contributed by atoms with Gasteiger partial charge in [-0.1, -0.05) is 176 Å². The maximum atomic E-state index is 10.4. The second-order valence-electron chi connectivity index (χ2n) is 22.1. The minimum Gasteiger partial charge on any atom is -0.452 e. The number of furan rings is 2. The Morgan fingerprint density at radius 3 is 1.38 bits per heavy atom. The van der Waals surface area contributed by atoms with Crippen molar-refractivity contribution in [3.05, 3.63) is 294 Å². The Hall–Kier alpha value is -11.6. The Labute approximate surface area is 481 Å². The standard InChI is InChI=1S/C77H43N5O2/c78-44-48-19-13-27-56-58-29-15-33-68(75(58)83-73(48)56)80(50-21-3-1-4-22-50)52-37-40-66-60(41-52)61-42-53(81(51-23-5-2-6-24-51)69-34-16-30-59-57-28-14-20-49(45-79)74(57)84-76(59)69)43-65-72(61)82(66)67-32-12-11-31-62(67)77(65)63-38-35-46-17-7-9-25-54(46)70(63)71-55-26-10-8-18-47(55)36-39-64(71)77/h1-43H. The van der Waals surface area contributed by atoms with Crippen molar-refractivity contribution in [1.82, 2.24) is 4.57 Å². The van der Waals surface area contributed by atoms with Crippen LogP contribution < -0.4 is 9.80 Å². The minimum absolute atomic E-state index is 0.489. The molecule has 1 aliphatic carbocycles. The van der Waals surface area contributed by atoms with Gasteiger partial charge in [-0.2, -0.15) is 10.5 Å². The molecule has 3 aromatic heterocycles. The number of para-hydroxylation sites is 7. The predicted octanol–water partition coefficient (Wildman–Crippen LogP) is 20.2. The van der Waals surface area contributed by atoms with Crippen molar-refractivity contribution >= 4 is 121 Å². The van der Waals surface area contributed by atoms with Gasteiger partial charge in [0, 0.05) is 55.1 Å². The molecule has 0 fully saturated rings. The van der Waals surface area contributed by atoms with Crippen LogP contribution in [0.4, 0.5) is 34.1 Å². The fourth-order valence-corrected chi connectivity index (χ4v) is 14.6.